The summed E-state index contributed by atoms with van der Waals surface area (Å²) in [5.74, 6) is 1.38. The molecule has 0 amide bonds. The number of benzene rings is 1. The number of nitrogens with zero attached hydrogens (tertiary/aromatic N) is 3. The van der Waals surface area contributed by atoms with Crippen molar-refractivity contribution in [2.75, 3.05) is 26.0 Å². The lowest BCUT2D eigenvalue weighted by Crippen LogP contribution is -2.36. The monoisotopic (exact) mass is 315 g/mol. The number of guanidine groups is 1. The van der Waals surface area contributed by atoms with Gasteiger partial charge >= 0.3 is 0 Å². The van der Waals surface area contributed by atoms with E-state index in [-0.39, 0.29) is 5.82 Å². The van der Waals surface area contributed by atoms with E-state index in [9.17, 15) is 4.39 Å². The number of nitrogens with one attached hydrogen (secondary N) is 2. The molecular formula is C17H22FN5. The summed E-state index contributed by atoms with van der Waals surface area (Å²) in [7, 11) is 5.64. The number of hydrogen-bond acceptors (Lipinski definition) is 3. The van der Waals surface area contributed by atoms with Crippen LogP contribution < -0.4 is 15.5 Å². The van der Waals surface area contributed by atoms with Crippen LogP contribution in [0.5, 0.6) is 0 Å². The second-order valence-electron chi connectivity index (χ2n) is 5.32. The average Bonchev–Trinajstić information content (AvgIpc) is 2.57. The van der Waals surface area contributed by atoms with Crippen LogP contribution in [0.1, 0.15) is 11.1 Å². The van der Waals surface area contributed by atoms with Gasteiger partial charge in [-0.25, -0.2) is 9.37 Å². The maximum absolute atomic E-state index is 12.9. The van der Waals surface area contributed by atoms with Crippen LogP contribution in [-0.4, -0.2) is 32.1 Å². The van der Waals surface area contributed by atoms with Crippen molar-refractivity contribution in [1.29, 1.82) is 0 Å². The summed E-state index contributed by atoms with van der Waals surface area (Å²) in [6.45, 7) is 1.23. The van der Waals surface area contributed by atoms with Crippen LogP contribution in [0.15, 0.2) is 47.6 Å². The van der Waals surface area contributed by atoms with E-state index in [0.29, 0.717) is 19.0 Å². The van der Waals surface area contributed by atoms with Crippen molar-refractivity contribution < 1.29 is 4.39 Å². The summed E-state index contributed by atoms with van der Waals surface area (Å²) in [5, 5.41) is 6.46. The summed E-state index contributed by atoms with van der Waals surface area (Å²) in [4.78, 5) is 10.4. The van der Waals surface area contributed by atoms with Gasteiger partial charge in [-0.2, -0.15) is 0 Å². The summed E-state index contributed by atoms with van der Waals surface area (Å²) in [5.41, 5.74) is 2.11. The number of halogens is 1. The lowest BCUT2D eigenvalue weighted by molar-refractivity contribution is 0.626. The molecule has 2 aromatic rings. The number of anilines is 1. The van der Waals surface area contributed by atoms with Gasteiger partial charge in [0.2, 0.25) is 0 Å². The number of aliphatic imine (C=N–C) groups is 1. The van der Waals surface area contributed by atoms with Gasteiger partial charge in [-0.3, -0.25) is 4.99 Å². The van der Waals surface area contributed by atoms with Crippen molar-refractivity contribution in [2.45, 2.75) is 13.1 Å². The third-order valence-corrected chi connectivity index (χ3v) is 3.32. The van der Waals surface area contributed by atoms with E-state index in [0.717, 1.165) is 16.9 Å². The molecule has 0 fully saturated rings. The summed E-state index contributed by atoms with van der Waals surface area (Å²) in [6.07, 6.45) is 1.79. The zero-order valence-electron chi connectivity index (χ0n) is 13.7. The topological polar surface area (TPSA) is 52.6 Å². The second-order valence-corrected chi connectivity index (χ2v) is 5.32. The molecule has 0 aliphatic heterocycles. The van der Waals surface area contributed by atoms with Gasteiger partial charge in [-0.15, -0.1) is 0 Å². The molecule has 0 saturated carbocycles. The minimum atomic E-state index is -0.231. The molecule has 0 bridgehead atoms. The lowest BCUT2D eigenvalue weighted by Gasteiger charge is -2.14. The van der Waals surface area contributed by atoms with Gasteiger partial charge in [0.15, 0.2) is 5.96 Å². The smallest absolute Gasteiger partial charge is 0.191 e. The first-order valence-corrected chi connectivity index (χ1v) is 7.39. The van der Waals surface area contributed by atoms with E-state index < -0.39 is 0 Å². The maximum atomic E-state index is 12.9. The Morgan fingerprint density at radius 1 is 1.09 bits per heavy atom. The second kappa shape index (κ2) is 8.12. The van der Waals surface area contributed by atoms with Crippen LogP contribution in [0.25, 0.3) is 0 Å². The van der Waals surface area contributed by atoms with E-state index in [1.165, 1.54) is 12.1 Å². The Balaban J connectivity index is 1.87. The standard InChI is InChI=1S/C17H22FN5/c1-19-17(21-11-13-4-6-15(18)7-5-13)22-12-14-8-9-20-16(10-14)23(2)3/h4-10H,11-12H2,1-3H3,(H2,19,21,22). The molecule has 122 valence electrons. The third-order valence-electron chi connectivity index (χ3n) is 3.32. The Morgan fingerprint density at radius 3 is 2.35 bits per heavy atom. The number of pyridine rings is 1. The molecule has 0 radical (unpaired) electrons. The molecule has 0 aliphatic carbocycles. The summed E-state index contributed by atoms with van der Waals surface area (Å²) in [6, 6.07) is 10.4. The Bertz CT molecular complexity index is 652. The molecular weight excluding hydrogens is 293 g/mol. The van der Waals surface area contributed by atoms with Crippen LogP contribution in [0.4, 0.5) is 10.2 Å². The van der Waals surface area contributed by atoms with E-state index >= 15 is 0 Å². The van der Waals surface area contributed by atoms with Crippen molar-refractivity contribution in [2.24, 2.45) is 4.99 Å². The lowest BCUT2D eigenvalue weighted by atomic mass is 10.2. The summed E-state index contributed by atoms with van der Waals surface area (Å²) < 4.78 is 12.9. The molecule has 23 heavy (non-hydrogen) atoms. The van der Waals surface area contributed by atoms with Crippen LogP contribution in [-0.2, 0) is 13.1 Å². The van der Waals surface area contributed by atoms with Gasteiger partial charge in [0.1, 0.15) is 11.6 Å². The quantitative estimate of drug-likeness (QED) is 0.656. The Hall–Kier alpha value is -2.63. The first-order valence-electron chi connectivity index (χ1n) is 7.39. The molecule has 0 atom stereocenters. The van der Waals surface area contributed by atoms with Crippen LogP contribution >= 0.6 is 0 Å². The highest BCUT2D eigenvalue weighted by Crippen LogP contribution is 2.09. The molecule has 0 saturated heterocycles. The van der Waals surface area contributed by atoms with Gasteiger partial charge in [0.25, 0.3) is 0 Å². The fraction of sp³-hybridized carbons (Fsp3) is 0.294. The highest BCUT2D eigenvalue weighted by molar-refractivity contribution is 5.79. The predicted molar refractivity (Wildman–Crippen MR) is 92.0 cm³/mol. The number of aromatic nitrogens is 1. The van der Waals surface area contributed by atoms with Gasteiger partial charge in [-0.05, 0) is 35.4 Å². The van der Waals surface area contributed by atoms with Crippen LogP contribution in [0.3, 0.4) is 0 Å². The highest BCUT2D eigenvalue weighted by Gasteiger charge is 2.02. The molecule has 0 spiro atoms. The number of rotatable bonds is 5. The molecule has 6 heteroatoms. The van der Waals surface area contributed by atoms with Crippen LogP contribution in [0, 0.1) is 5.82 Å². The van der Waals surface area contributed by atoms with E-state index in [2.05, 4.69) is 20.6 Å². The molecule has 1 heterocycles. The Labute approximate surface area is 136 Å². The first-order chi connectivity index (χ1) is 11.1. The molecule has 0 unspecified atom stereocenters. The molecule has 1 aromatic heterocycles. The largest absolute Gasteiger partial charge is 0.363 e. The zero-order valence-corrected chi connectivity index (χ0v) is 13.7. The third kappa shape index (κ3) is 5.25. The van der Waals surface area contributed by atoms with Gasteiger partial charge in [0.05, 0.1) is 0 Å². The number of hydrogen-bond donors (Lipinski definition) is 2. The van der Waals surface area contributed by atoms with Crippen molar-refractivity contribution in [1.82, 2.24) is 15.6 Å². The summed E-state index contributed by atoms with van der Waals surface area (Å²) >= 11 is 0. The van der Waals surface area contributed by atoms with Gasteiger partial charge < -0.3 is 15.5 Å². The zero-order chi connectivity index (χ0) is 16.7. The van der Waals surface area contributed by atoms with Crippen LogP contribution in [0.2, 0.25) is 0 Å². The minimum absolute atomic E-state index is 0.231. The fourth-order valence-electron chi connectivity index (χ4n) is 2.01. The molecule has 2 rings (SSSR count). The average molecular weight is 315 g/mol. The SMILES string of the molecule is CN=C(NCc1ccc(F)cc1)NCc1ccnc(N(C)C)c1. The van der Waals surface area contributed by atoms with E-state index in [1.807, 2.05) is 31.1 Å². The normalized spacial score (nSPS) is 11.2. The first kappa shape index (κ1) is 16.7. The molecule has 5 nitrogen and oxygen atoms in total. The van der Waals surface area contributed by atoms with Gasteiger partial charge in [-0.1, -0.05) is 12.1 Å². The fourth-order valence-corrected chi connectivity index (χ4v) is 2.01. The predicted octanol–water partition coefficient (Wildman–Crippen LogP) is 2.15. The minimum Gasteiger partial charge on any atom is -0.363 e. The van der Waals surface area contributed by atoms with Crippen molar-refractivity contribution in [3.63, 3.8) is 0 Å². The molecule has 2 N–H and O–H groups in total. The van der Waals surface area contributed by atoms with Gasteiger partial charge in [0, 0.05) is 40.4 Å². The van der Waals surface area contributed by atoms with Crippen molar-refractivity contribution in [3.05, 3.63) is 59.5 Å². The Morgan fingerprint density at radius 2 is 1.74 bits per heavy atom. The van der Waals surface area contributed by atoms with Crippen molar-refractivity contribution in [3.8, 4) is 0 Å². The molecule has 0 aliphatic rings. The van der Waals surface area contributed by atoms with E-state index in [4.69, 9.17) is 0 Å². The van der Waals surface area contributed by atoms with E-state index in [1.54, 1.807) is 25.4 Å². The highest BCUT2D eigenvalue weighted by atomic mass is 19.1. The maximum Gasteiger partial charge on any atom is 0.191 e. The molecule has 1 aromatic carbocycles. The van der Waals surface area contributed by atoms with Crippen molar-refractivity contribution >= 4 is 11.8 Å². The Kier molecular flexibility index (Phi) is 5.91.